The summed E-state index contributed by atoms with van der Waals surface area (Å²) in [6, 6.07) is 9.12. The van der Waals surface area contributed by atoms with Gasteiger partial charge >= 0.3 is 0 Å². The molecule has 3 rings (SSSR count). The van der Waals surface area contributed by atoms with E-state index in [1.165, 1.54) is 6.26 Å². The lowest BCUT2D eigenvalue weighted by atomic mass is 10.1. The van der Waals surface area contributed by atoms with E-state index < -0.39 is 0 Å². The van der Waals surface area contributed by atoms with E-state index in [9.17, 15) is 4.79 Å². The summed E-state index contributed by atoms with van der Waals surface area (Å²) >= 11 is 0. The molecule has 1 amide bonds. The van der Waals surface area contributed by atoms with E-state index in [0.717, 1.165) is 5.56 Å². The van der Waals surface area contributed by atoms with Gasteiger partial charge in [-0.2, -0.15) is 0 Å². The number of carbonyl (C=O) groups is 1. The zero-order valence-electron chi connectivity index (χ0n) is 14.9. The first-order chi connectivity index (χ1) is 12.6. The largest absolute Gasteiger partial charge is 0.493 e. The number of amides is 1. The normalized spacial score (nSPS) is 10.6. The van der Waals surface area contributed by atoms with Crippen molar-refractivity contribution >= 4 is 5.91 Å². The van der Waals surface area contributed by atoms with Crippen LogP contribution in [0.3, 0.4) is 0 Å². The summed E-state index contributed by atoms with van der Waals surface area (Å²) in [7, 11) is 3.18. The molecule has 0 aliphatic heterocycles. The molecule has 1 aromatic carbocycles. The van der Waals surface area contributed by atoms with Crippen molar-refractivity contribution in [3.05, 3.63) is 53.4 Å². The average Bonchev–Trinajstić information content (AvgIpc) is 3.30. The van der Waals surface area contributed by atoms with Crippen LogP contribution in [0.15, 0.2) is 45.5 Å². The highest BCUT2D eigenvalue weighted by molar-refractivity contribution is 6.00. The second kappa shape index (κ2) is 7.77. The van der Waals surface area contributed by atoms with Crippen LogP contribution < -0.4 is 14.8 Å². The minimum atomic E-state index is -0.254. The first-order valence-corrected chi connectivity index (χ1v) is 8.13. The van der Waals surface area contributed by atoms with Gasteiger partial charge in [-0.15, -0.1) is 0 Å². The van der Waals surface area contributed by atoms with E-state index in [1.54, 1.807) is 33.3 Å². The Morgan fingerprint density at radius 2 is 2.00 bits per heavy atom. The molecule has 26 heavy (non-hydrogen) atoms. The fourth-order valence-electron chi connectivity index (χ4n) is 2.66. The number of aromatic nitrogens is 1. The number of hydrogen-bond acceptors (Lipinski definition) is 6. The Balaban J connectivity index is 1.66. The van der Waals surface area contributed by atoms with E-state index in [0.29, 0.717) is 47.2 Å². The van der Waals surface area contributed by atoms with Crippen LogP contribution in [-0.4, -0.2) is 31.8 Å². The standard InChI is InChI=1S/C19H20N2O5/c1-12-17(18(26-21-12)15-5-4-10-25-15)19(22)20-9-8-13-6-7-14(23-2)16(11-13)24-3/h4-7,10-11H,8-9H2,1-3H3,(H,20,22). The van der Waals surface area contributed by atoms with Crippen LogP contribution in [0.2, 0.25) is 0 Å². The maximum atomic E-state index is 12.6. The molecule has 1 N–H and O–H groups in total. The van der Waals surface area contributed by atoms with Crippen LogP contribution in [0.1, 0.15) is 21.6 Å². The second-order valence-electron chi connectivity index (χ2n) is 5.64. The van der Waals surface area contributed by atoms with Crippen molar-refractivity contribution in [1.29, 1.82) is 0 Å². The molecule has 136 valence electrons. The predicted octanol–water partition coefficient (Wildman–Crippen LogP) is 3.23. The number of hydrogen-bond donors (Lipinski definition) is 1. The monoisotopic (exact) mass is 356 g/mol. The van der Waals surface area contributed by atoms with E-state index in [-0.39, 0.29) is 5.91 Å². The van der Waals surface area contributed by atoms with Crippen LogP contribution in [0, 0.1) is 6.92 Å². The fourth-order valence-corrected chi connectivity index (χ4v) is 2.66. The lowest BCUT2D eigenvalue weighted by molar-refractivity contribution is 0.0953. The third-order valence-corrected chi connectivity index (χ3v) is 3.98. The number of nitrogens with zero attached hydrogens (tertiary/aromatic N) is 1. The van der Waals surface area contributed by atoms with Gasteiger partial charge < -0.3 is 23.7 Å². The maximum Gasteiger partial charge on any atom is 0.257 e. The number of aryl methyl sites for hydroxylation is 1. The molecule has 0 saturated carbocycles. The van der Waals surface area contributed by atoms with Gasteiger partial charge in [-0.05, 0) is 43.2 Å². The summed E-state index contributed by atoms with van der Waals surface area (Å²) < 4.78 is 21.1. The molecular weight excluding hydrogens is 336 g/mol. The highest BCUT2D eigenvalue weighted by atomic mass is 16.5. The van der Waals surface area contributed by atoms with Gasteiger partial charge in [-0.3, -0.25) is 4.79 Å². The summed E-state index contributed by atoms with van der Waals surface area (Å²) in [4.78, 5) is 12.6. The number of methoxy groups -OCH3 is 2. The smallest absolute Gasteiger partial charge is 0.257 e. The van der Waals surface area contributed by atoms with Crippen molar-refractivity contribution < 1.29 is 23.2 Å². The van der Waals surface area contributed by atoms with Crippen molar-refractivity contribution in [2.45, 2.75) is 13.3 Å². The van der Waals surface area contributed by atoms with E-state index >= 15 is 0 Å². The number of furan rings is 1. The third-order valence-electron chi connectivity index (χ3n) is 3.98. The number of rotatable bonds is 7. The maximum absolute atomic E-state index is 12.6. The van der Waals surface area contributed by atoms with Crippen molar-refractivity contribution in [2.75, 3.05) is 20.8 Å². The van der Waals surface area contributed by atoms with Gasteiger partial charge in [-0.25, -0.2) is 0 Å². The van der Waals surface area contributed by atoms with Gasteiger partial charge in [0.2, 0.25) is 5.76 Å². The minimum absolute atomic E-state index is 0.254. The Morgan fingerprint density at radius 1 is 1.19 bits per heavy atom. The highest BCUT2D eigenvalue weighted by Crippen LogP contribution is 2.28. The quantitative estimate of drug-likeness (QED) is 0.699. The lowest BCUT2D eigenvalue weighted by Crippen LogP contribution is -2.26. The molecule has 3 aromatic rings. The van der Waals surface area contributed by atoms with Gasteiger partial charge in [0.25, 0.3) is 5.91 Å². The van der Waals surface area contributed by atoms with Crippen LogP contribution in [0.25, 0.3) is 11.5 Å². The molecule has 7 heteroatoms. The van der Waals surface area contributed by atoms with Crippen molar-refractivity contribution in [1.82, 2.24) is 10.5 Å². The molecule has 2 heterocycles. The molecular formula is C19H20N2O5. The zero-order chi connectivity index (χ0) is 18.5. The molecule has 0 atom stereocenters. The summed E-state index contributed by atoms with van der Waals surface area (Å²) in [5.74, 6) is 1.87. The van der Waals surface area contributed by atoms with Crippen LogP contribution in [-0.2, 0) is 6.42 Å². The Bertz CT molecular complexity index is 883. The zero-order valence-corrected chi connectivity index (χ0v) is 14.9. The molecule has 0 saturated heterocycles. The number of benzene rings is 1. The Kier molecular flexibility index (Phi) is 5.26. The first-order valence-electron chi connectivity index (χ1n) is 8.13. The summed E-state index contributed by atoms with van der Waals surface area (Å²) in [5.41, 5.74) is 1.92. The van der Waals surface area contributed by atoms with Gasteiger partial charge in [-0.1, -0.05) is 11.2 Å². The molecule has 0 fully saturated rings. The SMILES string of the molecule is COc1ccc(CCNC(=O)c2c(C)noc2-c2ccco2)cc1OC. The molecule has 7 nitrogen and oxygen atoms in total. The molecule has 0 unspecified atom stereocenters. The van der Waals surface area contributed by atoms with Gasteiger partial charge in [0, 0.05) is 6.54 Å². The Labute approximate surface area is 150 Å². The van der Waals surface area contributed by atoms with Crippen LogP contribution in [0.4, 0.5) is 0 Å². The fraction of sp³-hybridized carbons (Fsp3) is 0.263. The summed E-state index contributed by atoms with van der Waals surface area (Å²) in [5, 5.41) is 6.77. The summed E-state index contributed by atoms with van der Waals surface area (Å²) in [6.45, 7) is 2.18. The molecule has 0 bridgehead atoms. The van der Waals surface area contributed by atoms with E-state index in [4.69, 9.17) is 18.4 Å². The van der Waals surface area contributed by atoms with Crippen LogP contribution >= 0.6 is 0 Å². The second-order valence-corrected chi connectivity index (χ2v) is 5.64. The molecule has 0 aliphatic rings. The number of ether oxygens (including phenoxy) is 2. The average molecular weight is 356 g/mol. The predicted molar refractivity (Wildman–Crippen MR) is 94.5 cm³/mol. The van der Waals surface area contributed by atoms with Gasteiger partial charge in [0.15, 0.2) is 17.3 Å². The summed E-state index contributed by atoms with van der Waals surface area (Å²) in [6.07, 6.45) is 2.17. The number of nitrogens with one attached hydrogen (secondary N) is 1. The van der Waals surface area contributed by atoms with E-state index in [2.05, 4.69) is 10.5 Å². The van der Waals surface area contributed by atoms with Crippen molar-refractivity contribution in [3.63, 3.8) is 0 Å². The van der Waals surface area contributed by atoms with Gasteiger partial charge in [0.1, 0.15) is 5.56 Å². The topological polar surface area (TPSA) is 86.7 Å². The Morgan fingerprint density at radius 3 is 2.69 bits per heavy atom. The third kappa shape index (κ3) is 3.56. The first kappa shape index (κ1) is 17.6. The van der Waals surface area contributed by atoms with Crippen molar-refractivity contribution in [2.24, 2.45) is 0 Å². The Hall–Kier alpha value is -3.22. The molecule has 2 aromatic heterocycles. The molecule has 0 radical (unpaired) electrons. The number of carbonyl (C=O) groups excluding carboxylic acids is 1. The van der Waals surface area contributed by atoms with Gasteiger partial charge in [0.05, 0.1) is 26.2 Å². The van der Waals surface area contributed by atoms with Crippen LogP contribution in [0.5, 0.6) is 11.5 Å². The van der Waals surface area contributed by atoms with E-state index in [1.807, 2.05) is 18.2 Å². The molecule has 0 aliphatic carbocycles. The molecule has 0 spiro atoms. The van der Waals surface area contributed by atoms with Crippen molar-refractivity contribution in [3.8, 4) is 23.0 Å². The highest BCUT2D eigenvalue weighted by Gasteiger charge is 2.23. The minimum Gasteiger partial charge on any atom is -0.493 e. The lowest BCUT2D eigenvalue weighted by Gasteiger charge is -2.10.